The first-order chi connectivity index (χ1) is 13.2. The van der Waals surface area contributed by atoms with Crippen LogP contribution in [0.25, 0.3) is 0 Å². The predicted octanol–water partition coefficient (Wildman–Crippen LogP) is 3.41. The molecule has 0 spiro atoms. The monoisotopic (exact) mass is 428 g/mol. The Morgan fingerprint density at radius 1 is 1.21 bits per heavy atom. The Balaban J connectivity index is 2.29. The second kappa shape index (κ2) is 7.06. The maximum Gasteiger partial charge on any atom is 0.334 e. The summed E-state index contributed by atoms with van der Waals surface area (Å²) in [6.07, 6.45) is 0. The van der Waals surface area contributed by atoms with Crippen LogP contribution in [0.3, 0.4) is 0 Å². The topological polar surface area (TPSA) is 122 Å². The number of rotatable bonds is 5. The van der Waals surface area contributed by atoms with Crippen molar-refractivity contribution in [2.45, 2.75) is 18.8 Å². The highest BCUT2D eigenvalue weighted by Crippen LogP contribution is 2.73. The Labute approximate surface area is 168 Å². The number of benzene rings is 1. The highest BCUT2D eigenvalue weighted by atomic mass is 35.5. The normalized spacial score (nSPS) is 19.8. The van der Waals surface area contributed by atoms with Gasteiger partial charge in [0.1, 0.15) is 0 Å². The number of aromatic nitrogens is 1. The number of ether oxygens (including phenoxy) is 2. The molecule has 28 heavy (non-hydrogen) atoms. The van der Waals surface area contributed by atoms with Gasteiger partial charge in [0.2, 0.25) is 5.76 Å². The maximum atomic E-state index is 12.7. The van der Waals surface area contributed by atoms with Gasteiger partial charge in [-0.1, -0.05) is 40.5 Å². The van der Waals surface area contributed by atoms with Gasteiger partial charge in [-0.25, -0.2) is 0 Å². The molecule has 3 rings (SSSR count). The summed E-state index contributed by atoms with van der Waals surface area (Å²) in [7, 11) is 2.19. The first-order valence-electron chi connectivity index (χ1n) is 7.94. The van der Waals surface area contributed by atoms with Crippen LogP contribution in [0.15, 0.2) is 22.7 Å². The van der Waals surface area contributed by atoms with Crippen LogP contribution >= 0.6 is 23.2 Å². The van der Waals surface area contributed by atoms with Gasteiger partial charge >= 0.3 is 17.6 Å². The maximum absolute atomic E-state index is 12.7. The molecule has 0 bridgehead atoms. The quantitative estimate of drug-likeness (QED) is 0.307. The standard InChI is InChI=1S/C17H14Cl2N2O7/c1-7-13(21(24)25)14(28-20-7)11-10(8-5-4-6-9(18)12(8)19)17(11,15(22)26-2)16(23)27-3/h4-6,10-11H,1-3H3/t10-,11+/m0/s1. The molecule has 1 aliphatic rings. The zero-order valence-corrected chi connectivity index (χ0v) is 16.4. The number of halogens is 2. The lowest BCUT2D eigenvalue weighted by Gasteiger charge is -2.13. The Morgan fingerprint density at radius 3 is 2.36 bits per heavy atom. The minimum atomic E-state index is -1.92. The fourth-order valence-corrected chi connectivity index (χ4v) is 4.09. The number of hydrogen-bond acceptors (Lipinski definition) is 8. The molecule has 2 aromatic rings. The van der Waals surface area contributed by atoms with E-state index in [1.807, 2.05) is 0 Å². The molecule has 0 unspecified atom stereocenters. The van der Waals surface area contributed by atoms with Crippen LogP contribution in [-0.2, 0) is 19.1 Å². The predicted molar refractivity (Wildman–Crippen MR) is 96.3 cm³/mol. The molecule has 1 aromatic heterocycles. The molecular weight excluding hydrogens is 415 g/mol. The molecule has 1 heterocycles. The highest BCUT2D eigenvalue weighted by molar-refractivity contribution is 6.42. The smallest absolute Gasteiger partial charge is 0.334 e. The van der Waals surface area contributed by atoms with E-state index in [4.69, 9.17) is 37.2 Å². The van der Waals surface area contributed by atoms with Crippen LogP contribution in [0.5, 0.6) is 0 Å². The Hall–Kier alpha value is -2.65. The van der Waals surface area contributed by atoms with Crippen LogP contribution < -0.4 is 0 Å². The average molecular weight is 429 g/mol. The number of hydrogen-bond donors (Lipinski definition) is 0. The number of esters is 2. The van der Waals surface area contributed by atoms with Gasteiger partial charge in [0, 0.05) is 5.92 Å². The molecule has 0 N–H and O–H groups in total. The van der Waals surface area contributed by atoms with Crippen LogP contribution in [0.4, 0.5) is 5.69 Å². The second-order valence-electron chi connectivity index (χ2n) is 6.19. The largest absolute Gasteiger partial charge is 0.468 e. The van der Waals surface area contributed by atoms with Gasteiger partial charge in [0.05, 0.1) is 35.1 Å². The van der Waals surface area contributed by atoms with Crippen molar-refractivity contribution < 1.29 is 28.5 Å². The number of carbonyl (C=O) groups is 2. The molecule has 11 heteroatoms. The lowest BCUT2D eigenvalue weighted by Crippen LogP contribution is -2.31. The summed E-state index contributed by atoms with van der Waals surface area (Å²) in [4.78, 5) is 36.3. The molecular formula is C17H14Cl2N2O7. The van der Waals surface area contributed by atoms with Crippen molar-refractivity contribution in [1.82, 2.24) is 5.16 Å². The molecule has 2 atom stereocenters. The fourth-order valence-electron chi connectivity index (χ4n) is 3.67. The molecule has 148 valence electrons. The van der Waals surface area contributed by atoms with E-state index in [1.54, 1.807) is 12.1 Å². The molecule has 0 saturated heterocycles. The summed E-state index contributed by atoms with van der Waals surface area (Å²) in [6, 6.07) is 4.68. The summed E-state index contributed by atoms with van der Waals surface area (Å²) >= 11 is 12.4. The van der Waals surface area contributed by atoms with Crippen LogP contribution in [0.2, 0.25) is 10.0 Å². The summed E-state index contributed by atoms with van der Waals surface area (Å²) in [6.45, 7) is 1.38. The number of nitro groups is 1. The minimum Gasteiger partial charge on any atom is -0.468 e. The molecule has 1 aliphatic carbocycles. The second-order valence-corrected chi connectivity index (χ2v) is 6.97. The van der Waals surface area contributed by atoms with Crippen molar-refractivity contribution in [2.75, 3.05) is 14.2 Å². The van der Waals surface area contributed by atoms with Gasteiger partial charge in [-0.15, -0.1) is 0 Å². The zero-order valence-electron chi connectivity index (χ0n) is 14.9. The average Bonchev–Trinajstić information content (AvgIpc) is 3.21. The van der Waals surface area contributed by atoms with E-state index in [1.165, 1.54) is 13.0 Å². The zero-order chi connectivity index (χ0) is 20.8. The summed E-state index contributed by atoms with van der Waals surface area (Å²) in [5, 5.41) is 15.4. The van der Waals surface area contributed by atoms with Crippen molar-refractivity contribution >= 4 is 40.8 Å². The number of nitrogens with zero attached hydrogens (tertiary/aromatic N) is 2. The fraction of sp³-hybridized carbons (Fsp3) is 0.353. The third kappa shape index (κ3) is 2.65. The van der Waals surface area contributed by atoms with Gasteiger partial charge in [-0.3, -0.25) is 19.7 Å². The third-order valence-corrected chi connectivity index (χ3v) is 5.72. The summed E-state index contributed by atoms with van der Waals surface area (Å²) < 4.78 is 14.8. The highest BCUT2D eigenvalue weighted by Gasteiger charge is 2.80. The molecule has 0 amide bonds. The van der Waals surface area contributed by atoms with Crippen LogP contribution in [-0.4, -0.2) is 36.2 Å². The van der Waals surface area contributed by atoms with Crippen molar-refractivity contribution in [3.05, 3.63) is 55.4 Å². The van der Waals surface area contributed by atoms with E-state index in [0.29, 0.717) is 5.56 Å². The van der Waals surface area contributed by atoms with Gasteiger partial charge in [0.15, 0.2) is 11.1 Å². The van der Waals surface area contributed by atoms with Crippen molar-refractivity contribution in [3.8, 4) is 0 Å². The van der Waals surface area contributed by atoms with E-state index < -0.39 is 39.8 Å². The van der Waals surface area contributed by atoms with E-state index in [2.05, 4.69) is 5.16 Å². The summed E-state index contributed by atoms with van der Waals surface area (Å²) in [5.41, 5.74) is -2.01. The van der Waals surface area contributed by atoms with Crippen molar-refractivity contribution in [3.63, 3.8) is 0 Å². The van der Waals surface area contributed by atoms with Gasteiger partial charge < -0.3 is 14.0 Å². The van der Waals surface area contributed by atoms with Gasteiger partial charge in [0.25, 0.3) is 0 Å². The lowest BCUT2D eigenvalue weighted by molar-refractivity contribution is -0.386. The number of aryl methyl sites for hydroxylation is 1. The summed E-state index contributed by atoms with van der Waals surface area (Å²) in [5.74, 6) is -4.17. The van der Waals surface area contributed by atoms with E-state index in [-0.39, 0.29) is 21.5 Å². The number of carbonyl (C=O) groups excluding carboxylic acids is 2. The lowest BCUT2D eigenvalue weighted by atomic mass is 9.98. The SMILES string of the molecule is COC(=O)C1(C(=O)OC)[C@@H](c2cccc(Cl)c2Cl)[C@@H]1c1onc(C)c1[N+](=O)[O-]. The van der Waals surface area contributed by atoms with Crippen molar-refractivity contribution in [1.29, 1.82) is 0 Å². The van der Waals surface area contributed by atoms with Crippen molar-refractivity contribution in [2.24, 2.45) is 5.41 Å². The minimum absolute atomic E-state index is 0.00599. The number of methoxy groups -OCH3 is 2. The Kier molecular flexibility index (Phi) is 5.07. The van der Waals surface area contributed by atoms with Gasteiger partial charge in [-0.05, 0) is 18.6 Å². The molecule has 0 radical (unpaired) electrons. The van der Waals surface area contributed by atoms with E-state index in [9.17, 15) is 19.7 Å². The molecule has 1 fully saturated rings. The Bertz CT molecular complexity index is 972. The van der Waals surface area contributed by atoms with E-state index >= 15 is 0 Å². The molecule has 0 aliphatic heterocycles. The van der Waals surface area contributed by atoms with Crippen LogP contribution in [0.1, 0.15) is 28.9 Å². The first-order valence-corrected chi connectivity index (χ1v) is 8.70. The molecule has 1 saturated carbocycles. The van der Waals surface area contributed by atoms with E-state index in [0.717, 1.165) is 14.2 Å². The third-order valence-electron chi connectivity index (χ3n) is 4.89. The van der Waals surface area contributed by atoms with Crippen LogP contribution in [0, 0.1) is 22.5 Å². The molecule has 1 aromatic carbocycles. The Morgan fingerprint density at radius 2 is 1.82 bits per heavy atom. The first kappa shape index (κ1) is 20.1. The molecule has 9 nitrogen and oxygen atoms in total. The van der Waals surface area contributed by atoms with Gasteiger partial charge in [-0.2, -0.15) is 0 Å².